The molecular weight excluding hydrogens is 352 g/mol. The van der Waals surface area contributed by atoms with Crippen molar-refractivity contribution in [2.45, 2.75) is 12.5 Å². The zero-order valence-electron chi connectivity index (χ0n) is 17.5. The number of methoxy groups -OCH3 is 2. The summed E-state index contributed by atoms with van der Waals surface area (Å²) < 4.78 is 10.6. The van der Waals surface area contributed by atoms with Gasteiger partial charge >= 0.3 is 0 Å². The van der Waals surface area contributed by atoms with Crippen LogP contribution in [-0.2, 0) is 6.42 Å². The summed E-state index contributed by atoms with van der Waals surface area (Å²) in [6, 6.07) is 16.5. The molecule has 2 N–H and O–H groups in total. The van der Waals surface area contributed by atoms with Gasteiger partial charge in [0.1, 0.15) is 11.5 Å². The maximum absolute atomic E-state index is 5.36. The van der Waals surface area contributed by atoms with Gasteiger partial charge in [-0.25, -0.2) is 0 Å². The molecule has 152 valence electrons. The lowest BCUT2D eigenvalue weighted by molar-refractivity contribution is 0.297. The van der Waals surface area contributed by atoms with E-state index in [0.717, 1.165) is 37.0 Å². The number of nitrogens with zero attached hydrogens (tertiary/aromatic N) is 2. The number of nitrogens with one attached hydrogen (secondary N) is 2. The van der Waals surface area contributed by atoms with Crippen molar-refractivity contribution < 1.29 is 9.47 Å². The van der Waals surface area contributed by atoms with Crippen molar-refractivity contribution in [3.63, 3.8) is 0 Å². The molecule has 0 fully saturated rings. The molecule has 2 rings (SSSR count). The predicted molar refractivity (Wildman–Crippen MR) is 115 cm³/mol. The van der Waals surface area contributed by atoms with Gasteiger partial charge in [-0.3, -0.25) is 4.99 Å². The standard InChI is InChI=1S/C22H32N4O2/c1-23-22(24-14-13-17-9-11-19(27-4)12-10-17)25-16-21(26(2)3)18-7-6-8-20(15-18)28-5/h6-12,15,21H,13-14,16H2,1-5H3,(H2,23,24,25). The summed E-state index contributed by atoms with van der Waals surface area (Å²) in [6.45, 7) is 1.54. The summed E-state index contributed by atoms with van der Waals surface area (Å²) in [7, 11) is 9.31. The van der Waals surface area contributed by atoms with E-state index in [0.29, 0.717) is 0 Å². The van der Waals surface area contributed by atoms with E-state index in [4.69, 9.17) is 9.47 Å². The molecule has 1 unspecified atom stereocenters. The first-order valence-electron chi connectivity index (χ1n) is 9.45. The molecule has 0 heterocycles. The van der Waals surface area contributed by atoms with Crippen LogP contribution >= 0.6 is 0 Å². The van der Waals surface area contributed by atoms with Gasteiger partial charge in [0.25, 0.3) is 0 Å². The van der Waals surface area contributed by atoms with Crippen LogP contribution in [0.1, 0.15) is 17.2 Å². The lowest BCUT2D eigenvalue weighted by atomic mass is 10.1. The van der Waals surface area contributed by atoms with Crippen LogP contribution in [0.25, 0.3) is 0 Å². The van der Waals surface area contributed by atoms with Gasteiger partial charge in [0, 0.05) is 20.1 Å². The van der Waals surface area contributed by atoms with Crippen molar-refractivity contribution in [2.24, 2.45) is 4.99 Å². The molecule has 0 aliphatic rings. The van der Waals surface area contributed by atoms with Gasteiger partial charge in [0.15, 0.2) is 5.96 Å². The highest BCUT2D eigenvalue weighted by atomic mass is 16.5. The average molecular weight is 385 g/mol. The summed E-state index contributed by atoms with van der Waals surface area (Å²) in [6.07, 6.45) is 0.914. The Morgan fingerprint density at radius 2 is 1.71 bits per heavy atom. The second-order valence-electron chi connectivity index (χ2n) is 6.73. The van der Waals surface area contributed by atoms with Crippen LogP contribution < -0.4 is 20.1 Å². The molecule has 0 amide bonds. The van der Waals surface area contributed by atoms with E-state index in [1.807, 2.05) is 24.3 Å². The van der Waals surface area contributed by atoms with E-state index in [2.05, 4.69) is 58.9 Å². The molecule has 0 aliphatic heterocycles. The van der Waals surface area contributed by atoms with E-state index in [-0.39, 0.29) is 6.04 Å². The Labute approximate surface area is 168 Å². The third kappa shape index (κ3) is 6.46. The highest BCUT2D eigenvalue weighted by Crippen LogP contribution is 2.22. The summed E-state index contributed by atoms with van der Waals surface area (Å²) in [5.41, 5.74) is 2.46. The SMILES string of the molecule is CN=C(NCCc1ccc(OC)cc1)NCC(c1cccc(OC)c1)N(C)C. The second kappa shape index (κ2) is 11.2. The van der Waals surface area contributed by atoms with Crippen LogP contribution in [0.15, 0.2) is 53.5 Å². The summed E-state index contributed by atoms with van der Waals surface area (Å²) in [5, 5.41) is 6.81. The van der Waals surface area contributed by atoms with Crippen LogP contribution in [-0.4, -0.2) is 59.3 Å². The van der Waals surface area contributed by atoms with Gasteiger partial charge in [-0.05, 0) is 55.9 Å². The number of rotatable bonds is 9. The smallest absolute Gasteiger partial charge is 0.191 e. The first-order chi connectivity index (χ1) is 13.6. The first kappa shape index (κ1) is 21.6. The number of aliphatic imine (C=N–C) groups is 1. The van der Waals surface area contributed by atoms with Crippen LogP contribution in [0.5, 0.6) is 11.5 Å². The van der Waals surface area contributed by atoms with Crippen molar-refractivity contribution in [3.05, 3.63) is 59.7 Å². The Hall–Kier alpha value is -2.73. The Balaban J connectivity index is 1.88. The summed E-state index contributed by atoms with van der Waals surface area (Å²) in [4.78, 5) is 6.52. The molecule has 0 bridgehead atoms. The van der Waals surface area contributed by atoms with Gasteiger partial charge in [0.2, 0.25) is 0 Å². The molecular formula is C22H32N4O2. The Kier molecular flexibility index (Phi) is 8.62. The Morgan fingerprint density at radius 3 is 2.32 bits per heavy atom. The number of guanidine groups is 1. The number of benzene rings is 2. The van der Waals surface area contributed by atoms with Crippen LogP contribution in [0.2, 0.25) is 0 Å². The normalized spacial score (nSPS) is 12.6. The topological polar surface area (TPSA) is 58.1 Å². The molecule has 0 saturated heterocycles. The van der Waals surface area contributed by atoms with Gasteiger partial charge in [-0.2, -0.15) is 0 Å². The molecule has 0 saturated carbocycles. The van der Waals surface area contributed by atoms with Gasteiger partial charge < -0.3 is 25.0 Å². The van der Waals surface area contributed by atoms with E-state index in [1.165, 1.54) is 11.1 Å². The predicted octanol–water partition coefficient (Wildman–Crippen LogP) is 2.71. The molecule has 2 aromatic rings. The molecule has 2 aromatic carbocycles. The Bertz CT molecular complexity index is 744. The third-order valence-electron chi connectivity index (χ3n) is 4.65. The average Bonchev–Trinajstić information content (AvgIpc) is 2.73. The fourth-order valence-electron chi connectivity index (χ4n) is 2.98. The molecule has 1 atom stereocenters. The highest BCUT2D eigenvalue weighted by molar-refractivity contribution is 5.79. The molecule has 6 heteroatoms. The van der Waals surface area contributed by atoms with Gasteiger partial charge in [0.05, 0.1) is 20.3 Å². The third-order valence-corrected chi connectivity index (χ3v) is 4.65. The van der Waals surface area contributed by atoms with Crippen LogP contribution in [0, 0.1) is 0 Å². The lowest BCUT2D eigenvalue weighted by Gasteiger charge is -2.26. The lowest BCUT2D eigenvalue weighted by Crippen LogP contribution is -2.42. The van der Waals surface area contributed by atoms with Crippen molar-refractivity contribution in [1.29, 1.82) is 0 Å². The van der Waals surface area contributed by atoms with Crippen LogP contribution in [0.3, 0.4) is 0 Å². The van der Waals surface area contributed by atoms with E-state index in [9.17, 15) is 0 Å². The largest absolute Gasteiger partial charge is 0.497 e. The van der Waals surface area contributed by atoms with E-state index < -0.39 is 0 Å². The fraction of sp³-hybridized carbons (Fsp3) is 0.409. The molecule has 0 spiro atoms. The zero-order valence-corrected chi connectivity index (χ0v) is 17.5. The number of likely N-dealkylation sites (N-methyl/N-ethyl adjacent to an activating group) is 1. The van der Waals surface area contributed by atoms with Gasteiger partial charge in [-0.15, -0.1) is 0 Å². The monoisotopic (exact) mass is 384 g/mol. The molecule has 6 nitrogen and oxygen atoms in total. The highest BCUT2D eigenvalue weighted by Gasteiger charge is 2.15. The Morgan fingerprint density at radius 1 is 1.00 bits per heavy atom. The minimum atomic E-state index is 0.204. The van der Waals surface area contributed by atoms with Crippen molar-refractivity contribution >= 4 is 5.96 Å². The molecule has 0 radical (unpaired) electrons. The molecule has 0 aliphatic carbocycles. The zero-order chi connectivity index (χ0) is 20.4. The van der Waals surface area contributed by atoms with Crippen molar-refractivity contribution in [3.8, 4) is 11.5 Å². The maximum Gasteiger partial charge on any atom is 0.191 e. The molecule has 0 aromatic heterocycles. The number of ether oxygens (including phenoxy) is 2. The number of hydrogen-bond donors (Lipinski definition) is 2. The minimum Gasteiger partial charge on any atom is -0.497 e. The van der Waals surface area contributed by atoms with Gasteiger partial charge in [-0.1, -0.05) is 24.3 Å². The quantitative estimate of drug-likeness (QED) is 0.514. The molecule has 28 heavy (non-hydrogen) atoms. The second-order valence-corrected chi connectivity index (χ2v) is 6.73. The summed E-state index contributed by atoms with van der Waals surface area (Å²) in [5.74, 6) is 2.54. The fourth-order valence-corrected chi connectivity index (χ4v) is 2.98. The first-order valence-corrected chi connectivity index (χ1v) is 9.45. The minimum absolute atomic E-state index is 0.204. The van der Waals surface area contributed by atoms with E-state index in [1.54, 1.807) is 21.3 Å². The van der Waals surface area contributed by atoms with Crippen molar-refractivity contribution in [2.75, 3.05) is 48.5 Å². The van der Waals surface area contributed by atoms with Crippen molar-refractivity contribution in [1.82, 2.24) is 15.5 Å². The van der Waals surface area contributed by atoms with E-state index >= 15 is 0 Å². The van der Waals surface area contributed by atoms with Crippen LogP contribution in [0.4, 0.5) is 0 Å². The summed E-state index contributed by atoms with van der Waals surface area (Å²) >= 11 is 0. The maximum atomic E-state index is 5.36. The number of hydrogen-bond acceptors (Lipinski definition) is 4.